The maximum atomic E-state index is 5.66. The molecule has 0 spiro atoms. The number of halogens is 1. The Morgan fingerprint density at radius 3 is 2.52 bits per heavy atom. The van der Waals surface area contributed by atoms with Gasteiger partial charge in [0, 0.05) is 15.7 Å². The Kier molecular flexibility index (Phi) is 5.11. The molecule has 1 heterocycles. The quantitative estimate of drug-likeness (QED) is 0.528. The minimum atomic E-state index is 0.117. The first-order chi connectivity index (χ1) is 11.8. The Morgan fingerprint density at radius 1 is 1.16 bits per heavy atom. The first-order valence-electron chi connectivity index (χ1n) is 8.01. The van der Waals surface area contributed by atoms with Crippen molar-refractivity contribution >= 4 is 33.8 Å². The zero-order valence-electron chi connectivity index (χ0n) is 14.4. The monoisotopic (exact) mass is 417 g/mol. The lowest BCUT2D eigenvalue weighted by atomic mass is 9.87. The number of aromatic nitrogens is 2. The number of anilines is 1. The standard InChI is InChI=1S/C19H20BrN3OS/c1-19(2,3)14-9-7-13(8-10-14)17-22-23(18(25)24-17)12-21-16-6-4-5-15(20)11-16/h4-11,21H,12H2,1-3H3. The molecule has 0 bridgehead atoms. The molecule has 0 saturated carbocycles. The molecule has 0 amide bonds. The molecule has 3 rings (SSSR count). The Balaban J connectivity index is 1.77. The van der Waals surface area contributed by atoms with E-state index in [-0.39, 0.29) is 5.41 Å². The summed E-state index contributed by atoms with van der Waals surface area (Å²) < 4.78 is 8.31. The van der Waals surface area contributed by atoms with Gasteiger partial charge in [0.2, 0.25) is 5.89 Å². The number of hydrogen-bond acceptors (Lipinski definition) is 4. The second-order valence-corrected chi connectivity index (χ2v) is 8.11. The molecule has 1 aromatic heterocycles. The number of hydrogen-bond donors (Lipinski definition) is 1. The van der Waals surface area contributed by atoms with Crippen LogP contribution in [0.2, 0.25) is 0 Å². The second-order valence-electron chi connectivity index (χ2n) is 6.85. The summed E-state index contributed by atoms with van der Waals surface area (Å²) in [6.07, 6.45) is 0. The van der Waals surface area contributed by atoms with Crippen molar-refractivity contribution in [1.29, 1.82) is 0 Å². The number of nitrogens with one attached hydrogen (secondary N) is 1. The molecule has 2 aromatic carbocycles. The lowest BCUT2D eigenvalue weighted by Crippen LogP contribution is -2.10. The molecule has 25 heavy (non-hydrogen) atoms. The molecule has 0 unspecified atom stereocenters. The lowest BCUT2D eigenvalue weighted by molar-refractivity contribution is 0.522. The van der Waals surface area contributed by atoms with Crippen LogP contribution in [-0.2, 0) is 12.1 Å². The molecule has 0 aliphatic carbocycles. The van der Waals surface area contributed by atoms with Crippen molar-refractivity contribution in [3.8, 4) is 11.5 Å². The maximum absolute atomic E-state index is 5.66. The average Bonchev–Trinajstić information content (AvgIpc) is 2.93. The van der Waals surface area contributed by atoms with Crippen LogP contribution in [0.5, 0.6) is 0 Å². The van der Waals surface area contributed by atoms with E-state index in [4.69, 9.17) is 16.6 Å². The minimum absolute atomic E-state index is 0.117. The van der Waals surface area contributed by atoms with Gasteiger partial charge in [-0.25, -0.2) is 4.68 Å². The van der Waals surface area contributed by atoms with Crippen molar-refractivity contribution in [1.82, 2.24) is 9.78 Å². The third-order valence-electron chi connectivity index (χ3n) is 3.86. The van der Waals surface area contributed by atoms with Gasteiger partial charge in [0.1, 0.15) is 6.67 Å². The van der Waals surface area contributed by atoms with Crippen LogP contribution in [0.25, 0.3) is 11.5 Å². The number of nitrogens with zero attached hydrogens (tertiary/aromatic N) is 2. The minimum Gasteiger partial charge on any atom is -0.409 e. The van der Waals surface area contributed by atoms with Crippen molar-refractivity contribution in [3.05, 3.63) is 63.4 Å². The van der Waals surface area contributed by atoms with E-state index in [1.807, 2.05) is 36.4 Å². The summed E-state index contributed by atoms with van der Waals surface area (Å²) in [6.45, 7) is 7.01. The van der Waals surface area contributed by atoms with E-state index in [1.54, 1.807) is 4.68 Å². The summed E-state index contributed by atoms with van der Waals surface area (Å²) in [4.78, 5) is 0.345. The van der Waals surface area contributed by atoms with Crippen molar-refractivity contribution in [2.75, 3.05) is 5.32 Å². The molecular formula is C19H20BrN3OS. The van der Waals surface area contributed by atoms with Crippen LogP contribution in [0.15, 0.2) is 57.4 Å². The molecule has 4 nitrogen and oxygen atoms in total. The number of rotatable bonds is 4. The van der Waals surface area contributed by atoms with Gasteiger partial charge in [0.05, 0.1) is 0 Å². The summed E-state index contributed by atoms with van der Waals surface area (Å²) in [5, 5.41) is 7.76. The van der Waals surface area contributed by atoms with E-state index < -0.39 is 0 Å². The summed E-state index contributed by atoms with van der Waals surface area (Å²) in [5.74, 6) is 0.529. The molecule has 0 atom stereocenters. The average molecular weight is 418 g/mol. The van der Waals surface area contributed by atoms with Gasteiger partial charge in [-0.1, -0.05) is 54.9 Å². The van der Waals surface area contributed by atoms with Crippen molar-refractivity contribution in [3.63, 3.8) is 0 Å². The zero-order chi connectivity index (χ0) is 18.0. The van der Waals surface area contributed by atoms with E-state index >= 15 is 0 Å². The lowest BCUT2D eigenvalue weighted by Gasteiger charge is -2.18. The van der Waals surface area contributed by atoms with Crippen LogP contribution in [0.3, 0.4) is 0 Å². The summed E-state index contributed by atoms with van der Waals surface area (Å²) >= 11 is 8.74. The largest absolute Gasteiger partial charge is 0.409 e. The van der Waals surface area contributed by atoms with Crippen molar-refractivity contribution in [2.24, 2.45) is 0 Å². The van der Waals surface area contributed by atoms with Crippen molar-refractivity contribution in [2.45, 2.75) is 32.9 Å². The van der Waals surface area contributed by atoms with Crippen LogP contribution in [0, 0.1) is 4.84 Å². The Hall–Kier alpha value is -1.92. The molecule has 0 aliphatic rings. The highest BCUT2D eigenvalue weighted by molar-refractivity contribution is 9.10. The predicted molar refractivity (Wildman–Crippen MR) is 107 cm³/mol. The fourth-order valence-electron chi connectivity index (χ4n) is 2.40. The van der Waals surface area contributed by atoms with Gasteiger partial charge >= 0.3 is 0 Å². The Bertz CT molecular complexity index is 923. The van der Waals surface area contributed by atoms with E-state index in [0.717, 1.165) is 15.7 Å². The third kappa shape index (κ3) is 4.38. The first kappa shape index (κ1) is 17.9. The molecule has 0 radical (unpaired) electrons. The fraction of sp³-hybridized carbons (Fsp3) is 0.263. The van der Waals surface area contributed by atoms with Gasteiger partial charge in [0.15, 0.2) is 0 Å². The molecule has 1 N–H and O–H groups in total. The third-order valence-corrected chi connectivity index (χ3v) is 4.65. The predicted octanol–water partition coefficient (Wildman–Crippen LogP) is 6.00. The van der Waals surface area contributed by atoms with E-state index in [9.17, 15) is 0 Å². The fourth-order valence-corrected chi connectivity index (χ4v) is 2.98. The molecule has 130 valence electrons. The molecule has 0 aliphatic heterocycles. The van der Waals surface area contributed by atoms with Gasteiger partial charge in [-0.05, 0) is 53.5 Å². The van der Waals surface area contributed by atoms with Gasteiger partial charge in [-0.2, -0.15) is 0 Å². The van der Waals surface area contributed by atoms with Gasteiger partial charge in [-0.15, -0.1) is 5.10 Å². The van der Waals surface area contributed by atoms with Gasteiger partial charge < -0.3 is 9.73 Å². The second kappa shape index (κ2) is 7.14. The first-order valence-corrected chi connectivity index (χ1v) is 9.21. The highest BCUT2D eigenvalue weighted by atomic mass is 79.9. The maximum Gasteiger partial charge on any atom is 0.289 e. The van der Waals surface area contributed by atoms with Gasteiger partial charge in [0.25, 0.3) is 4.84 Å². The zero-order valence-corrected chi connectivity index (χ0v) is 16.8. The molecular weight excluding hydrogens is 398 g/mol. The van der Waals surface area contributed by atoms with Crippen LogP contribution in [-0.4, -0.2) is 9.78 Å². The van der Waals surface area contributed by atoms with Gasteiger partial charge in [-0.3, -0.25) is 0 Å². The Labute approximate surface area is 161 Å². The molecule has 0 fully saturated rings. The van der Waals surface area contributed by atoms with Crippen LogP contribution in [0.1, 0.15) is 26.3 Å². The molecule has 3 aromatic rings. The van der Waals surface area contributed by atoms with Crippen LogP contribution < -0.4 is 5.32 Å². The molecule has 6 heteroatoms. The van der Waals surface area contributed by atoms with Crippen LogP contribution >= 0.6 is 28.1 Å². The van der Waals surface area contributed by atoms with E-state index in [0.29, 0.717) is 17.4 Å². The highest BCUT2D eigenvalue weighted by Gasteiger charge is 2.14. The summed E-state index contributed by atoms with van der Waals surface area (Å²) in [7, 11) is 0. The highest BCUT2D eigenvalue weighted by Crippen LogP contribution is 2.25. The number of benzene rings is 2. The SMILES string of the molecule is CC(C)(C)c1ccc(-c2nn(CNc3cccc(Br)c3)c(=S)o2)cc1. The smallest absolute Gasteiger partial charge is 0.289 e. The topological polar surface area (TPSA) is 43.0 Å². The summed E-state index contributed by atoms with van der Waals surface area (Å²) in [6, 6.07) is 16.2. The van der Waals surface area contributed by atoms with Crippen molar-refractivity contribution < 1.29 is 4.42 Å². The van der Waals surface area contributed by atoms with E-state index in [2.05, 4.69) is 59.2 Å². The Morgan fingerprint density at radius 2 is 1.88 bits per heavy atom. The molecule has 0 saturated heterocycles. The van der Waals surface area contributed by atoms with Crippen LogP contribution in [0.4, 0.5) is 5.69 Å². The normalized spacial score (nSPS) is 11.5. The summed E-state index contributed by atoms with van der Waals surface area (Å²) in [5.41, 5.74) is 3.28. The van der Waals surface area contributed by atoms with E-state index in [1.165, 1.54) is 5.56 Å².